The molecule has 0 aliphatic heterocycles. The molecule has 2 aromatic carbocycles. The summed E-state index contributed by atoms with van der Waals surface area (Å²) in [7, 11) is 1.67. The van der Waals surface area contributed by atoms with Crippen molar-refractivity contribution >= 4 is 6.03 Å². The van der Waals surface area contributed by atoms with Gasteiger partial charge in [-0.25, -0.2) is 4.79 Å². The zero-order valence-corrected chi connectivity index (χ0v) is 14.0. The molecule has 2 amide bonds. The van der Waals surface area contributed by atoms with Gasteiger partial charge in [0.2, 0.25) is 0 Å². The van der Waals surface area contributed by atoms with Gasteiger partial charge in [0.15, 0.2) is 0 Å². The third kappa shape index (κ3) is 6.14. The molecule has 0 heterocycles. The Labute approximate surface area is 145 Å². The van der Waals surface area contributed by atoms with Crippen molar-refractivity contribution in [3.63, 3.8) is 0 Å². The van der Waals surface area contributed by atoms with E-state index in [1.807, 2.05) is 30.3 Å². The minimum atomic E-state index is -4.38. The summed E-state index contributed by atoms with van der Waals surface area (Å²) in [5, 5.41) is 2.65. The predicted octanol–water partition coefficient (Wildman–Crippen LogP) is 4.48. The first-order valence-corrected chi connectivity index (χ1v) is 8.05. The monoisotopic (exact) mass is 350 g/mol. The van der Waals surface area contributed by atoms with E-state index in [-0.39, 0.29) is 12.6 Å². The van der Waals surface area contributed by atoms with Crippen molar-refractivity contribution in [2.45, 2.75) is 25.6 Å². The van der Waals surface area contributed by atoms with Crippen LogP contribution in [0.15, 0.2) is 54.6 Å². The normalized spacial score (nSPS) is 11.2. The van der Waals surface area contributed by atoms with E-state index < -0.39 is 11.7 Å². The Hall–Kier alpha value is -2.50. The second-order valence-corrected chi connectivity index (χ2v) is 5.87. The lowest BCUT2D eigenvalue weighted by Gasteiger charge is -2.18. The number of carbonyl (C=O) groups excluding carboxylic acids is 1. The molecule has 0 saturated carbocycles. The lowest BCUT2D eigenvalue weighted by Crippen LogP contribution is -2.37. The van der Waals surface area contributed by atoms with Gasteiger partial charge in [-0.05, 0) is 36.1 Å². The number of hydrogen-bond acceptors (Lipinski definition) is 1. The van der Waals surface area contributed by atoms with Gasteiger partial charge in [0.25, 0.3) is 0 Å². The number of carbonyl (C=O) groups is 1. The third-order valence-corrected chi connectivity index (χ3v) is 3.85. The maximum absolute atomic E-state index is 12.7. The quantitative estimate of drug-likeness (QED) is 0.818. The predicted molar refractivity (Wildman–Crippen MR) is 91.1 cm³/mol. The molecule has 2 rings (SSSR count). The van der Waals surface area contributed by atoms with Crippen LogP contribution in [0.4, 0.5) is 18.0 Å². The molecule has 3 nitrogen and oxygen atoms in total. The summed E-state index contributed by atoms with van der Waals surface area (Å²) in [6.45, 7) is 0.634. The number of urea groups is 1. The number of amides is 2. The Morgan fingerprint density at radius 1 is 1.04 bits per heavy atom. The maximum atomic E-state index is 12.7. The van der Waals surface area contributed by atoms with Crippen molar-refractivity contribution < 1.29 is 18.0 Å². The molecule has 0 fully saturated rings. The summed E-state index contributed by atoms with van der Waals surface area (Å²) in [6, 6.07) is 14.6. The van der Waals surface area contributed by atoms with Crippen LogP contribution >= 0.6 is 0 Å². The van der Waals surface area contributed by atoms with Gasteiger partial charge in [-0.2, -0.15) is 13.2 Å². The zero-order valence-electron chi connectivity index (χ0n) is 14.0. The van der Waals surface area contributed by atoms with Crippen molar-refractivity contribution in [2.75, 3.05) is 13.6 Å². The molecule has 0 bridgehead atoms. The largest absolute Gasteiger partial charge is 0.416 e. The smallest absolute Gasteiger partial charge is 0.334 e. The molecule has 2 aromatic rings. The highest BCUT2D eigenvalue weighted by Gasteiger charge is 2.30. The molecule has 0 spiro atoms. The first-order valence-electron chi connectivity index (χ1n) is 8.05. The molecule has 1 N–H and O–H groups in total. The van der Waals surface area contributed by atoms with E-state index in [1.165, 1.54) is 16.5 Å². The lowest BCUT2D eigenvalue weighted by atomic mass is 10.1. The Bertz CT molecular complexity index is 687. The number of nitrogens with one attached hydrogen (secondary N) is 1. The number of aryl methyl sites for hydroxylation is 1. The SMILES string of the molecule is CN(CCCc1ccccc1)C(=O)NCc1cccc(C(F)(F)F)c1. The van der Waals surface area contributed by atoms with E-state index in [9.17, 15) is 18.0 Å². The minimum absolute atomic E-state index is 0.0613. The van der Waals surface area contributed by atoms with Crippen LogP contribution in [0.1, 0.15) is 23.1 Å². The number of nitrogens with zero attached hydrogens (tertiary/aromatic N) is 1. The lowest BCUT2D eigenvalue weighted by molar-refractivity contribution is -0.137. The highest BCUT2D eigenvalue weighted by molar-refractivity contribution is 5.73. The van der Waals surface area contributed by atoms with Crippen molar-refractivity contribution in [1.82, 2.24) is 10.2 Å². The molecule has 0 saturated heterocycles. The Morgan fingerprint density at radius 2 is 1.72 bits per heavy atom. The van der Waals surface area contributed by atoms with Crippen LogP contribution in [0.3, 0.4) is 0 Å². The molecule has 0 unspecified atom stereocenters. The fourth-order valence-corrected chi connectivity index (χ4v) is 2.44. The van der Waals surface area contributed by atoms with E-state index in [0.717, 1.165) is 25.0 Å². The first kappa shape index (κ1) is 18.8. The van der Waals surface area contributed by atoms with Gasteiger partial charge in [0, 0.05) is 20.1 Å². The molecule has 6 heteroatoms. The van der Waals surface area contributed by atoms with E-state index in [4.69, 9.17) is 0 Å². The Morgan fingerprint density at radius 3 is 2.40 bits per heavy atom. The Kier molecular flexibility index (Phi) is 6.44. The van der Waals surface area contributed by atoms with Crippen molar-refractivity contribution in [3.05, 3.63) is 71.3 Å². The van der Waals surface area contributed by atoms with Crippen LogP contribution in [0.5, 0.6) is 0 Å². The highest BCUT2D eigenvalue weighted by atomic mass is 19.4. The first-order chi connectivity index (χ1) is 11.9. The van der Waals surface area contributed by atoms with E-state index in [0.29, 0.717) is 12.1 Å². The fourth-order valence-electron chi connectivity index (χ4n) is 2.44. The minimum Gasteiger partial charge on any atom is -0.334 e. The molecule has 0 radical (unpaired) electrons. The highest BCUT2D eigenvalue weighted by Crippen LogP contribution is 2.29. The fraction of sp³-hybridized carbons (Fsp3) is 0.316. The van der Waals surface area contributed by atoms with Crippen LogP contribution in [-0.2, 0) is 19.1 Å². The number of halogens is 3. The average Bonchev–Trinajstić information content (AvgIpc) is 2.60. The molecule has 0 aliphatic carbocycles. The standard InChI is InChI=1S/C19H21F3N2O/c1-24(12-6-10-15-7-3-2-4-8-15)18(25)23-14-16-9-5-11-17(13-16)19(20,21)22/h2-5,7-9,11,13H,6,10,12,14H2,1H3,(H,23,25). The summed E-state index contributed by atoms with van der Waals surface area (Å²) < 4.78 is 38.0. The summed E-state index contributed by atoms with van der Waals surface area (Å²) in [5.41, 5.74) is 0.914. The molecule has 0 atom stereocenters. The number of hydrogen-bond donors (Lipinski definition) is 1. The van der Waals surface area contributed by atoms with Crippen LogP contribution < -0.4 is 5.32 Å². The van der Waals surface area contributed by atoms with Crippen LogP contribution in [0, 0.1) is 0 Å². The third-order valence-electron chi connectivity index (χ3n) is 3.85. The number of alkyl halides is 3. The van der Waals surface area contributed by atoms with E-state index in [1.54, 1.807) is 13.1 Å². The summed E-state index contributed by atoms with van der Waals surface area (Å²) >= 11 is 0. The average molecular weight is 350 g/mol. The second-order valence-electron chi connectivity index (χ2n) is 5.87. The zero-order chi connectivity index (χ0) is 18.3. The molecule has 0 aliphatic rings. The topological polar surface area (TPSA) is 32.3 Å². The number of benzene rings is 2. The molecule has 0 aromatic heterocycles. The second kappa shape index (κ2) is 8.55. The van der Waals surface area contributed by atoms with Gasteiger partial charge < -0.3 is 10.2 Å². The Balaban J connectivity index is 1.77. The molecular weight excluding hydrogens is 329 g/mol. The van der Waals surface area contributed by atoms with Gasteiger partial charge in [-0.3, -0.25) is 0 Å². The number of rotatable bonds is 6. The van der Waals surface area contributed by atoms with Gasteiger partial charge in [0.05, 0.1) is 5.56 Å². The van der Waals surface area contributed by atoms with Crippen molar-refractivity contribution in [2.24, 2.45) is 0 Å². The van der Waals surface area contributed by atoms with Crippen LogP contribution in [-0.4, -0.2) is 24.5 Å². The maximum Gasteiger partial charge on any atom is 0.416 e. The van der Waals surface area contributed by atoms with E-state index >= 15 is 0 Å². The molecule has 134 valence electrons. The summed E-state index contributed by atoms with van der Waals surface area (Å²) in [6.07, 6.45) is -2.70. The molecule has 25 heavy (non-hydrogen) atoms. The molecular formula is C19H21F3N2O. The van der Waals surface area contributed by atoms with Gasteiger partial charge >= 0.3 is 12.2 Å². The van der Waals surface area contributed by atoms with Crippen LogP contribution in [0.25, 0.3) is 0 Å². The summed E-state index contributed by atoms with van der Waals surface area (Å²) in [4.78, 5) is 13.6. The summed E-state index contributed by atoms with van der Waals surface area (Å²) in [5.74, 6) is 0. The van der Waals surface area contributed by atoms with Gasteiger partial charge in [-0.15, -0.1) is 0 Å². The van der Waals surface area contributed by atoms with Crippen molar-refractivity contribution in [3.8, 4) is 0 Å². The van der Waals surface area contributed by atoms with Gasteiger partial charge in [0.1, 0.15) is 0 Å². The van der Waals surface area contributed by atoms with Crippen LogP contribution in [0.2, 0.25) is 0 Å². The van der Waals surface area contributed by atoms with Gasteiger partial charge in [-0.1, -0.05) is 42.5 Å². The van der Waals surface area contributed by atoms with Crippen molar-refractivity contribution in [1.29, 1.82) is 0 Å². The van der Waals surface area contributed by atoms with E-state index in [2.05, 4.69) is 5.32 Å².